The first-order valence-electron chi connectivity index (χ1n) is 4.83. The summed E-state index contributed by atoms with van der Waals surface area (Å²) in [6.07, 6.45) is 2.21. The number of hydrogen-bond donors (Lipinski definition) is 0. The number of nitriles is 1. The maximum absolute atomic E-state index is 11.5. The molecular formula is C10H16N2O. The van der Waals surface area contributed by atoms with Gasteiger partial charge in [-0.05, 0) is 18.8 Å². The summed E-state index contributed by atoms with van der Waals surface area (Å²) >= 11 is 0. The molecule has 1 aliphatic rings. The van der Waals surface area contributed by atoms with Gasteiger partial charge >= 0.3 is 0 Å². The van der Waals surface area contributed by atoms with E-state index in [0.717, 1.165) is 19.4 Å². The molecule has 1 saturated heterocycles. The number of carbonyl (C=O) groups is 1. The molecule has 1 heterocycles. The second-order valence-electron chi connectivity index (χ2n) is 3.88. The minimum atomic E-state index is -0.00120. The summed E-state index contributed by atoms with van der Waals surface area (Å²) in [5.41, 5.74) is 0. The Labute approximate surface area is 79.3 Å². The molecule has 0 aromatic rings. The second kappa shape index (κ2) is 4.27. The van der Waals surface area contributed by atoms with E-state index in [-0.39, 0.29) is 12.3 Å². The van der Waals surface area contributed by atoms with E-state index < -0.39 is 0 Å². The van der Waals surface area contributed by atoms with Gasteiger partial charge in [-0.3, -0.25) is 4.79 Å². The van der Waals surface area contributed by atoms with E-state index in [1.54, 1.807) is 0 Å². The maximum atomic E-state index is 11.5. The molecule has 0 aromatic carbocycles. The maximum Gasteiger partial charge on any atom is 0.237 e. The van der Waals surface area contributed by atoms with Crippen LogP contribution < -0.4 is 0 Å². The van der Waals surface area contributed by atoms with Gasteiger partial charge in [0.05, 0.1) is 6.07 Å². The van der Waals surface area contributed by atoms with Crippen molar-refractivity contribution in [3.8, 4) is 6.07 Å². The number of nitrogens with zero attached hydrogens (tertiary/aromatic N) is 2. The van der Waals surface area contributed by atoms with E-state index in [1.165, 1.54) is 0 Å². The predicted molar refractivity (Wildman–Crippen MR) is 49.8 cm³/mol. The molecule has 3 heteroatoms. The molecule has 3 nitrogen and oxygen atoms in total. The Hall–Kier alpha value is -1.04. The van der Waals surface area contributed by atoms with Crippen LogP contribution in [0.4, 0.5) is 0 Å². The van der Waals surface area contributed by atoms with Gasteiger partial charge in [0.1, 0.15) is 6.42 Å². The van der Waals surface area contributed by atoms with Gasteiger partial charge in [0.2, 0.25) is 5.91 Å². The minimum Gasteiger partial charge on any atom is -0.339 e. The van der Waals surface area contributed by atoms with Crippen molar-refractivity contribution in [2.75, 3.05) is 6.54 Å². The van der Waals surface area contributed by atoms with Crippen LogP contribution in [0.25, 0.3) is 0 Å². The van der Waals surface area contributed by atoms with Crippen molar-refractivity contribution in [3.05, 3.63) is 0 Å². The smallest absolute Gasteiger partial charge is 0.237 e. The highest BCUT2D eigenvalue weighted by atomic mass is 16.2. The second-order valence-corrected chi connectivity index (χ2v) is 3.88. The molecule has 1 rings (SSSR count). The Morgan fingerprint density at radius 3 is 2.92 bits per heavy atom. The lowest BCUT2D eigenvalue weighted by atomic mass is 10.0. The molecule has 0 N–H and O–H groups in total. The summed E-state index contributed by atoms with van der Waals surface area (Å²) < 4.78 is 0. The molecular weight excluding hydrogens is 164 g/mol. The lowest BCUT2D eigenvalue weighted by Crippen LogP contribution is -2.38. The van der Waals surface area contributed by atoms with Crippen molar-refractivity contribution < 1.29 is 4.79 Å². The first-order chi connectivity index (χ1) is 6.16. The largest absolute Gasteiger partial charge is 0.339 e. The zero-order valence-corrected chi connectivity index (χ0v) is 8.29. The molecule has 1 unspecified atom stereocenters. The molecule has 1 amide bonds. The number of rotatable bonds is 2. The summed E-state index contributed by atoms with van der Waals surface area (Å²) in [5.74, 6) is 0.504. The summed E-state index contributed by atoms with van der Waals surface area (Å²) in [4.78, 5) is 13.3. The Balaban J connectivity index is 2.58. The van der Waals surface area contributed by atoms with Crippen molar-refractivity contribution in [3.63, 3.8) is 0 Å². The summed E-state index contributed by atoms with van der Waals surface area (Å²) in [6.45, 7) is 5.09. The Morgan fingerprint density at radius 1 is 1.69 bits per heavy atom. The molecule has 0 saturated carbocycles. The lowest BCUT2D eigenvalue weighted by Gasteiger charge is -2.26. The van der Waals surface area contributed by atoms with Gasteiger partial charge in [0, 0.05) is 12.6 Å². The first kappa shape index (κ1) is 10.0. The van der Waals surface area contributed by atoms with Crippen LogP contribution in [0, 0.1) is 17.2 Å². The summed E-state index contributed by atoms with van der Waals surface area (Å²) in [7, 11) is 0. The lowest BCUT2D eigenvalue weighted by molar-refractivity contribution is -0.131. The average molecular weight is 180 g/mol. The van der Waals surface area contributed by atoms with Crippen LogP contribution in [0.3, 0.4) is 0 Å². The van der Waals surface area contributed by atoms with Gasteiger partial charge in [-0.2, -0.15) is 5.26 Å². The van der Waals surface area contributed by atoms with Crippen LogP contribution in [0.15, 0.2) is 0 Å². The average Bonchev–Trinajstić information content (AvgIpc) is 2.52. The van der Waals surface area contributed by atoms with Crippen LogP contribution in [0.5, 0.6) is 0 Å². The number of likely N-dealkylation sites (tertiary alicyclic amines) is 1. The third-order valence-electron chi connectivity index (χ3n) is 2.62. The van der Waals surface area contributed by atoms with E-state index in [1.807, 2.05) is 11.0 Å². The molecule has 0 radical (unpaired) electrons. The normalized spacial score (nSPS) is 22.0. The number of amides is 1. The summed E-state index contributed by atoms with van der Waals surface area (Å²) in [5, 5.41) is 8.42. The van der Waals surface area contributed by atoms with E-state index in [9.17, 15) is 4.79 Å². The van der Waals surface area contributed by atoms with Crippen molar-refractivity contribution >= 4 is 5.91 Å². The first-order valence-corrected chi connectivity index (χ1v) is 4.83. The highest BCUT2D eigenvalue weighted by molar-refractivity contribution is 5.78. The van der Waals surface area contributed by atoms with Gasteiger partial charge in [-0.15, -0.1) is 0 Å². The third kappa shape index (κ3) is 2.21. The molecule has 13 heavy (non-hydrogen) atoms. The molecule has 1 aliphatic heterocycles. The van der Waals surface area contributed by atoms with Gasteiger partial charge in [-0.25, -0.2) is 0 Å². The van der Waals surface area contributed by atoms with Crippen LogP contribution in [0.2, 0.25) is 0 Å². The molecule has 0 spiro atoms. The molecule has 0 aromatic heterocycles. The van der Waals surface area contributed by atoms with Crippen molar-refractivity contribution in [1.29, 1.82) is 5.26 Å². The standard InChI is InChI=1S/C10H16N2O/c1-8(2)9-4-3-7-12(9)10(13)5-6-11/h8-9H,3-5,7H2,1-2H3. The fraction of sp³-hybridized carbons (Fsp3) is 0.800. The van der Waals surface area contributed by atoms with Gasteiger partial charge < -0.3 is 4.90 Å². The zero-order chi connectivity index (χ0) is 9.84. The van der Waals surface area contributed by atoms with E-state index in [0.29, 0.717) is 12.0 Å². The van der Waals surface area contributed by atoms with Gasteiger partial charge in [-0.1, -0.05) is 13.8 Å². The minimum absolute atomic E-state index is 0.00120. The molecule has 0 aliphatic carbocycles. The predicted octanol–water partition coefficient (Wildman–Crippen LogP) is 1.55. The fourth-order valence-electron chi connectivity index (χ4n) is 1.96. The molecule has 72 valence electrons. The van der Waals surface area contributed by atoms with Crippen molar-refractivity contribution in [1.82, 2.24) is 4.90 Å². The molecule has 0 bridgehead atoms. The van der Waals surface area contributed by atoms with Crippen LogP contribution in [-0.2, 0) is 4.79 Å². The monoisotopic (exact) mass is 180 g/mol. The molecule has 1 fully saturated rings. The van der Waals surface area contributed by atoms with Crippen molar-refractivity contribution in [2.24, 2.45) is 5.92 Å². The van der Waals surface area contributed by atoms with Crippen molar-refractivity contribution in [2.45, 2.75) is 39.2 Å². The fourth-order valence-corrected chi connectivity index (χ4v) is 1.96. The SMILES string of the molecule is CC(C)C1CCCN1C(=O)CC#N. The Kier molecular flexibility index (Phi) is 3.30. The van der Waals surface area contributed by atoms with E-state index in [4.69, 9.17) is 5.26 Å². The number of carbonyl (C=O) groups excluding carboxylic acids is 1. The highest BCUT2D eigenvalue weighted by Crippen LogP contribution is 2.23. The Morgan fingerprint density at radius 2 is 2.38 bits per heavy atom. The van der Waals surface area contributed by atoms with Gasteiger partial charge in [0.25, 0.3) is 0 Å². The van der Waals surface area contributed by atoms with Crippen LogP contribution in [0.1, 0.15) is 33.1 Å². The topological polar surface area (TPSA) is 44.1 Å². The van der Waals surface area contributed by atoms with Crippen LogP contribution in [-0.4, -0.2) is 23.4 Å². The Bertz CT molecular complexity index is 230. The quantitative estimate of drug-likeness (QED) is 0.647. The number of hydrogen-bond acceptors (Lipinski definition) is 2. The van der Waals surface area contributed by atoms with Crippen LogP contribution >= 0.6 is 0 Å². The summed E-state index contributed by atoms with van der Waals surface area (Å²) in [6, 6.07) is 2.27. The van der Waals surface area contributed by atoms with E-state index in [2.05, 4.69) is 13.8 Å². The zero-order valence-electron chi connectivity index (χ0n) is 8.29. The molecule has 1 atom stereocenters. The highest BCUT2D eigenvalue weighted by Gasteiger charge is 2.30. The van der Waals surface area contributed by atoms with Gasteiger partial charge in [0.15, 0.2) is 0 Å². The third-order valence-corrected chi connectivity index (χ3v) is 2.62. The van der Waals surface area contributed by atoms with E-state index >= 15 is 0 Å².